The maximum atomic E-state index is 6.27. The van der Waals surface area contributed by atoms with Crippen molar-refractivity contribution < 1.29 is 9.47 Å². The van der Waals surface area contributed by atoms with Crippen LogP contribution in [0.15, 0.2) is 42.5 Å². The molecule has 0 saturated carbocycles. The van der Waals surface area contributed by atoms with Gasteiger partial charge < -0.3 is 15.2 Å². The van der Waals surface area contributed by atoms with Gasteiger partial charge in [0.15, 0.2) is 11.5 Å². The normalized spacial score (nSPS) is 10.4. The molecule has 0 atom stereocenters. The standard InChI is InChI=1S/C17H20ClNO2/c1-2-12-20-15-8-3-4-9-16(15)21-17-13(10-11-19)6-5-7-14(17)18/h3-9H,2,10-12,19H2,1H3. The fraction of sp³-hybridized carbons (Fsp3) is 0.294. The van der Waals surface area contributed by atoms with Gasteiger partial charge in [0.25, 0.3) is 0 Å². The summed E-state index contributed by atoms with van der Waals surface area (Å²) in [5.41, 5.74) is 6.64. The van der Waals surface area contributed by atoms with E-state index in [1.54, 1.807) is 0 Å². The summed E-state index contributed by atoms with van der Waals surface area (Å²) in [5, 5.41) is 0.575. The highest BCUT2D eigenvalue weighted by Gasteiger charge is 2.12. The lowest BCUT2D eigenvalue weighted by Crippen LogP contribution is -2.04. The number of hydrogen-bond donors (Lipinski definition) is 1. The lowest BCUT2D eigenvalue weighted by molar-refractivity contribution is 0.302. The number of para-hydroxylation sites is 3. The maximum Gasteiger partial charge on any atom is 0.169 e. The molecule has 2 N–H and O–H groups in total. The molecular weight excluding hydrogens is 286 g/mol. The third-order valence-electron chi connectivity index (χ3n) is 2.99. The maximum absolute atomic E-state index is 6.27. The van der Waals surface area contributed by atoms with Crippen LogP contribution < -0.4 is 15.2 Å². The zero-order valence-electron chi connectivity index (χ0n) is 12.1. The van der Waals surface area contributed by atoms with Gasteiger partial charge in [0.05, 0.1) is 11.6 Å². The minimum absolute atomic E-state index is 0.546. The highest BCUT2D eigenvalue weighted by Crippen LogP contribution is 2.37. The average Bonchev–Trinajstić information content (AvgIpc) is 2.50. The topological polar surface area (TPSA) is 44.5 Å². The molecule has 0 heterocycles. The predicted octanol–water partition coefficient (Wildman–Crippen LogP) is 4.42. The van der Waals surface area contributed by atoms with Gasteiger partial charge in [0, 0.05) is 0 Å². The molecule has 0 amide bonds. The Morgan fingerprint density at radius 1 is 1.05 bits per heavy atom. The third kappa shape index (κ3) is 4.13. The van der Waals surface area contributed by atoms with Crippen molar-refractivity contribution in [3.05, 3.63) is 53.1 Å². The van der Waals surface area contributed by atoms with Gasteiger partial charge in [-0.3, -0.25) is 0 Å². The molecule has 0 fully saturated rings. The van der Waals surface area contributed by atoms with Gasteiger partial charge >= 0.3 is 0 Å². The summed E-state index contributed by atoms with van der Waals surface area (Å²) in [5.74, 6) is 2.03. The van der Waals surface area contributed by atoms with Crippen LogP contribution in [0.3, 0.4) is 0 Å². The second kappa shape index (κ2) is 7.91. The molecule has 0 unspecified atom stereocenters. The molecule has 2 aromatic carbocycles. The van der Waals surface area contributed by atoms with Gasteiger partial charge in [-0.25, -0.2) is 0 Å². The van der Waals surface area contributed by atoms with Crippen LogP contribution in [0.5, 0.6) is 17.2 Å². The summed E-state index contributed by atoms with van der Waals surface area (Å²) in [6.07, 6.45) is 1.66. The van der Waals surface area contributed by atoms with Crippen molar-refractivity contribution in [3.8, 4) is 17.2 Å². The molecule has 2 aromatic rings. The van der Waals surface area contributed by atoms with Crippen LogP contribution in [0.25, 0.3) is 0 Å². The molecule has 0 aliphatic rings. The number of ether oxygens (including phenoxy) is 2. The van der Waals surface area contributed by atoms with E-state index in [2.05, 4.69) is 6.92 Å². The van der Waals surface area contributed by atoms with Crippen molar-refractivity contribution >= 4 is 11.6 Å². The minimum atomic E-state index is 0.546. The Morgan fingerprint density at radius 2 is 1.81 bits per heavy atom. The van der Waals surface area contributed by atoms with Gasteiger partial charge in [0.2, 0.25) is 0 Å². The van der Waals surface area contributed by atoms with E-state index in [0.717, 1.165) is 17.7 Å². The molecule has 0 bridgehead atoms. The van der Waals surface area contributed by atoms with Gasteiger partial charge in [-0.1, -0.05) is 42.8 Å². The lowest BCUT2D eigenvalue weighted by atomic mass is 10.1. The molecule has 2 rings (SSSR count). The van der Waals surface area contributed by atoms with E-state index in [0.29, 0.717) is 36.1 Å². The quantitative estimate of drug-likeness (QED) is 0.823. The zero-order chi connectivity index (χ0) is 15.1. The summed E-state index contributed by atoms with van der Waals surface area (Å²) in [6.45, 7) is 3.26. The van der Waals surface area contributed by atoms with Crippen molar-refractivity contribution in [1.29, 1.82) is 0 Å². The molecular formula is C17H20ClNO2. The molecule has 0 spiro atoms. The molecule has 4 heteroatoms. The Hall–Kier alpha value is -1.71. The van der Waals surface area contributed by atoms with Gasteiger partial charge in [-0.2, -0.15) is 0 Å². The first kappa shape index (κ1) is 15.7. The Bertz CT molecular complexity index is 587. The first-order valence-corrected chi connectivity index (χ1v) is 7.51. The van der Waals surface area contributed by atoms with Crippen LogP contribution in [-0.4, -0.2) is 13.2 Å². The van der Waals surface area contributed by atoms with Crippen molar-refractivity contribution in [2.75, 3.05) is 13.2 Å². The molecule has 0 aromatic heterocycles. The zero-order valence-corrected chi connectivity index (χ0v) is 12.9. The monoisotopic (exact) mass is 305 g/mol. The molecule has 0 saturated heterocycles. The van der Waals surface area contributed by atoms with E-state index in [4.69, 9.17) is 26.8 Å². The van der Waals surface area contributed by atoms with Gasteiger partial charge in [0.1, 0.15) is 5.75 Å². The van der Waals surface area contributed by atoms with E-state index < -0.39 is 0 Å². The van der Waals surface area contributed by atoms with E-state index in [-0.39, 0.29) is 0 Å². The number of rotatable bonds is 7. The third-order valence-corrected chi connectivity index (χ3v) is 3.28. The lowest BCUT2D eigenvalue weighted by Gasteiger charge is -2.15. The first-order valence-electron chi connectivity index (χ1n) is 7.13. The molecule has 112 valence electrons. The van der Waals surface area contributed by atoms with Crippen LogP contribution in [0.1, 0.15) is 18.9 Å². The molecule has 0 radical (unpaired) electrons. The largest absolute Gasteiger partial charge is 0.490 e. The minimum Gasteiger partial charge on any atom is -0.490 e. The molecule has 0 aliphatic carbocycles. The Balaban J connectivity index is 2.29. The summed E-state index contributed by atoms with van der Waals surface area (Å²) >= 11 is 6.27. The fourth-order valence-electron chi connectivity index (χ4n) is 2.00. The van der Waals surface area contributed by atoms with E-state index in [9.17, 15) is 0 Å². The SMILES string of the molecule is CCCOc1ccccc1Oc1c(Cl)cccc1CCN. The number of hydrogen-bond acceptors (Lipinski definition) is 3. The number of benzene rings is 2. The van der Waals surface area contributed by atoms with E-state index in [1.165, 1.54) is 0 Å². The van der Waals surface area contributed by atoms with E-state index in [1.807, 2.05) is 42.5 Å². The summed E-state index contributed by atoms with van der Waals surface area (Å²) in [7, 11) is 0. The highest BCUT2D eigenvalue weighted by molar-refractivity contribution is 6.32. The number of halogens is 1. The van der Waals surface area contributed by atoms with Crippen LogP contribution in [-0.2, 0) is 6.42 Å². The van der Waals surface area contributed by atoms with Crippen molar-refractivity contribution in [3.63, 3.8) is 0 Å². The second-order valence-corrected chi connectivity index (χ2v) is 5.07. The Labute approximate surface area is 130 Å². The van der Waals surface area contributed by atoms with Crippen LogP contribution in [0.4, 0.5) is 0 Å². The molecule has 3 nitrogen and oxygen atoms in total. The summed E-state index contributed by atoms with van der Waals surface area (Å²) in [6, 6.07) is 13.3. The Morgan fingerprint density at radius 3 is 2.52 bits per heavy atom. The van der Waals surface area contributed by atoms with Gasteiger partial charge in [-0.05, 0) is 43.1 Å². The van der Waals surface area contributed by atoms with Crippen molar-refractivity contribution in [2.24, 2.45) is 5.73 Å². The number of nitrogens with two attached hydrogens (primary N) is 1. The van der Waals surface area contributed by atoms with Crippen LogP contribution in [0, 0.1) is 0 Å². The Kier molecular flexibility index (Phi) is 5.90. The van der Waals surface area contributed by atoms with Gasteiger partial charge in [-0.15, -0.1) is 0 Å². The second-order valence-electron chi connectivity index (χ2n) is 4.66. The smallest absolute Gasteiger partial charge is 0.169 e. The van der Waals surface area contributed by atoms with Crippen LogP contribution in [0.2, 0.25) is 5.02 Å². The predicted molar refractivity (Wildman–Crippen MR) is 86.5 cm³/mol. The van der Waals surface area contributed by atoms with Crippen LogP contribution >= 0.6 is 11.6 Å². The summed E-state index contributed by atoms with van der Waals surface area (Å²) in [4.78, 5) is 0. The summed E-state index contributed by atoms with van der Waals surface area (Å²) < 4.78 is 11.7. The highest BCUT2D eigenvalue weighted by atomic mass is 35.5. The van der Waals surface area contributed by atoms with Crippen molar-refractivity contribution in [1.82, 2.24) is 0 Å². The van der Waals surface area contributed by atoms with Crippen molar-refractivity contribution in [2.45, 2.75) is 19.8 Å². The average molecular weight is 306 g/mol. The molecule has 21 heavy (non-hydrogen) atoms. The van der Waals surface area contributed by atoms with E-state index >= 15 is 0 Å². The first-order chi connectivity index (χ1) is 10.3. The fourth-order valence-corrected chi connectivity index (χ4v) is 2.23. The molecule has 0 aliphatic heterocycles.